The summed E-state index contributed by atoms with van der Waals surface area (Å²) in [5.74, 6) is 0.484. The number of hydrogen-bond acceptors (Lipinski definition) is 2. The van der Waals surface area contributed by atoms with E-state index >= 15 is 0 Å². The molecule has 0 N–H and O–H groups in total. The Bertz CT molecular complexity index is 338. The van der Waals surface area contributed by atoms with Crippen LogP contribution in [-0.2, 0) is 7.05 Å². The molecular weight excluding hydrogens is 226 g/mol. The van der Waals surface area contributed by atoms with Crippen LogP contribution in [0.3, 0.4) is 0 Å². The van der Waals surface area contributed by atoms with Gasteiger partial charge in [0.05, 0.1) is 11.8 Å². The number of alkyl halides is 1. The molecule has 0 radical (unpaired) electrons. The van der Waals surface area contributed by atoms with E-state index in [1.807, 2.05) is 0 Å². The highest BCUT2D eigenvalue weighted by Gasteiger charge is 2.15. The molecule has 0 aliphatic carbocycles. The van der Waals surface area contributed by atoms with E-state index in [2.05, 4.69) is 12.0 Å². The van der Waals surface area contributed by atoms with Gasteiger partial charge >= 0.3 is 0 Å². The van der Waals surface area contributed by atoms with Crippen LogP contribution in [0.4, 0.5) is 0 Å². The first-order chi connectivity index (χ1) is 7.69. The highest BCUT2D eigenvalue weighted by Crippen LogP contribution is 2.05. The molecule has 90 valence electrons. The summed E-state index contributed by atoms with van der Waals surface area (Å²) in [5, 5.41) is 4.00. The molecule has 4 nitrogen and oxygen atoms in total. The first kappa shape index (κ1) is 13.0. The van der Waals surface area contributed by atoms with Crippen molar-refractivity contribution in [2.45, 2.75) is 19.8 Å². The summed E-state index contributed by atoms with van der Waals surface area (Å²) in [7, 11) is 1.80. The molecule has 0 aliphatic rings. The van der Waals surface area contributed by atoms with Gasteiger partial charge in [0.15, 0.2) is 0 Å². The van der Waals surface area contributed by atoms with Crippen molar-refractivity contribution in [3.8, 4) is 0 Å². The van der Waals surface area contributed by atoms with Crippen LogP contribution in [0.5, 0.6) is 0 Å². The third-order valence-corrected chi connectivity index (χ3v) is 2.54. The lowest BCUT2D eigenvalue weighted by Gasteiger charge is -2.20. The molecule has 0 saturated heterocycles. The highest BCUT2D eigenvalue weighted by atomic mass is 35.5. The monoisotopic (exact) mass is 243 g/mol. The van der Waals surface area contributed by atoms with Crippen LogP contribution >= 0.6 is 11.6 Å². The van der Waals surface area contributed by atoms with Crippen molar-refractivity contribution in [3.05, 3.63) is 18.0 Å². The number of carbonyl (C=O) groups is 1. The van der Waals surface area contributed by atoms with Crippen LogP contribution < -0.4 is 0 Å². The molecule has 1 aromatic heterocycles. The van der Waals surface area contributed by atoms with E-state index in [4.69, 9.17) is 11.6 Å². The summed E-state index contributed by atoms with van der Waals surface area (Å²) in [6.45, 7) is 3.46. The van der Waals surface area contributed by atoms with Crippen LogP contribution in [0.15, 0.2) is 12.4 Å². The van der Waals surface area contributed by atoms with Crippen molar-refractivity contribution in [2.24, 2.45) is 7.05 Å². The predicted octanol–water partition coefficient (Wildman–Crippen LogP) is 1.90. The highest BCUT2D eigenvalue weighted by molar-refractivity contribution is 6.18. The lowest BCUT2D eigenvalue weighted by Crippen LogP contribution is -2.33. The van der Waals surface area contributed by atoms with Crippen LogP contribution in [0.25, 0.3) is 0 Å². The Hall–Kier alpha value is -1.03. The second kappa shape index (κ2) is 6.53. The van der Waals surface area contributed by atoms with Crippen molar-refractivity contribution in [1.82, 2.24) is 14.7 Å². The van der Waals surface area contributed by atoms with Crippen LogP contribution in [0.1, 0.15) is 30.1 Å². The second-order valence-corrected chi connectivity index (χ2v) is 4.12. The fraction of sp³-hybridized carbons (Fsp3) is 0.636. The Morgan fingerprint density at radius 2 is 2.31 bits per heavy atom. The summed E-state index contributed by atoms with van der Waals surface area (Å²) < 4.78 is 1.63. The van der Waals surface area contributed by atoms with E-state index in [1.54, 1.807) is 29.0 Å². The van der Waals surface area contributed by atoms with Gasteiger partial charge < -0.3 is 4.90 Å². The maximum Gasteiger partial charge on any atom is 0.257 e. The quantitative estimate of drug-likeness (QED) is 0.716. The van der Waals surface area contributed by atoms with E-state index < -0.39 is 0 Å². The van der Waals surface area contributed by atoms with Gasteiger partial charge in [-0.15, -0.1) is 11.6 Å². The van der Waals surface area contributed by atoms with Gasteiger partial charge in [-0.1, -0.05) is 13.3 Å². The minimum Gasteiger partial charge on any atom is -0.337 e. The van der Waals surface area contributed by atoms with Gasteiger partial charge in [0.2, 0.25) is 0 Å². The smallest absolute Gasteiger partial charge is 0.257 e. The number of aryl methyl sites for hydroxylation is 1. The lowest BCUT2D eigenvalue weighted by molar-refractivity contribution is 0.0763. The Labute approximate surface area is 101 Å². The standard InChI is InChI=1S/C11H18ClN3O/c1-3-4-6-15(7-5-12)11(16)10-8-13-14(2)9-10/h8-9H,3-7H2,1-2H3. The molecule has 0 atom stereocenters. The number of nitrogens with zero attached hydrogens (tertiary/aromatic N) is 3. The second-order valence-electron chi connectivity index (χ2n) is 3.74. The number of carbonyl (C=O) groups excluding carboxylic acids is 1. The van der Waals surface area contributed by atoms with Gasteiger partial charge in [-0.2, -0.15) is 5.10 Å². The van der Waals surface area contributed by atoms with E-state index in [1.165, 1.54) is 0 Å². The molecule has 0 aromatic carbocycles. The molecule has 1 aromatic rings. The summed E-state index contributed by atoms with van der Waals surface area (Å²) in [6, 6.07) is 0. The Kier molecular flexibility index (Phi) is 5.32. The summed E-state index contributed by atoms with van der Waals surface area (Å²) >= 11 is 5.70. The third kappa shape index (κ3) is 3.52. The molecule has 0 bridgehead atoms. The molecule has 1 heterocycles. The summed E-state index contributed by atoms with van der Waals surface area (Å²) in [5.41, 5.74) is 0.628. The van der Waals surface area contributed by atoms with Gasteiger partial charge in [-0.25, -0.2) is 0 Å². The largest absolute Gasteiger partial charge is 0.337 e. The number of rotatable bonds is 6. The zero-order chi connectivity index (χ0) is 12.0. The normalized spacial score (nSPS) is 10.4. The van der Waals surface area contributed by atoms with Gasteiger partial charge in [0.25, 0.3) is 5.91 Å². The number of aromatic nitrogens is 2. The van der Waals surface area contributed by atoms with Crippen LogP contribution in [0.2, 0.25) is 0 Å². The van der Waals surface area contributed by atoms with Crippen molar-refractivity contribution in [1.29, 1.82) is 0 Å². The summed E-state index contributed by atoms with van der Waals surface area (Å²) in [4.78, 5) is 13.9. The Morgan fingerprint density at radius 1 is 1.56 bits per heavy atom. The average molecular weight is 244 g/mol. The van der Waals surface area contributed by atoms with Gasteiger partial charge in [-0.05, 0) is 6.42 Å². The fourth-order valence-electron chi connectivity index (χ4n) is 1.48. The molecule has 0 fully saturated rings. The molecule has 0 saturated carbocycles. The van der Waals surface area contributed by atoms with Crippen molar-refractivity contribution in [2.75, 3.05) is 19.0 Å². The van der Waals surface area contributed by atoms with Crippen molar-refractivity contribution >= 4 is 17.5 Å². The minimum absolute atomic E-state index is 0.0159. The SMILES string of the molecule is CCCCN(CCCl)C(=O)c1cnn(C)c1. The molecule has 1 rings (SSSR count). The number of unbranched alkanes of at least 4 members (excludes halogenated alkanes) is 1. The number of amides is 1. The number of halogens is 1. The average Bonchev–Trinajstić information content (AvgIpc) is 2.70. The van der Waals surface area contributed by atoms with Crippen LogP contribution in [-0.4, -0.2) is 39.6 Å². The van der Waals surface area contributed by atoms with E-state index in [0.717, 1.165) is 19.4 Å². The van der Waals surface area contributed by atoms with E-state index in [-0.39, 0.29) is 5.91 Å². The summed E-state index contributed by atoms with van der Waals surface area (Å²) in [6.07, 6.45) is 5.40. The molecule has 5 heteroatoms. The van der Waals surface area contributed by atoms with Crippen molar-refractivity contribution < 1.29 is 4.79 Å². The van der Waals surface area contributed by atoms with Crippen LogP contribution in [0, 0.1) is 0 Å². The fourth-order valence-corrected chi connectivity index (χ4v) is 1.68. The molecule has 0 unspecified atom stereocenters. The molecule has 1 amide bonds. The molecule has 16 heavy (non-hydrogen) atoms. The molecule has 0 aliphatic heterocycles. The maximum absolute atomic E-state index is 12.1. The third-order valence-electron chi connectivity index (χ3n) is 2.38. The van der Waals surface area contributed by atoms with Gasteiger partial charge in [-0.3, -0.25) is 9.48 Å². The first-order valence-electron chi connectivity index (χ1n) is 5.53. The lowest BCUT2D eigenvalue weighted by atomic mass is 10.2. The van der Waals surface area contributed by atoms with E-state index in [9.17, 15) is 4.79 Å². The van der Waals surface area contributed by atoms with Gasteiger partial charge in [0.1, 0.15) is 0 Å². The zero-order valence-electron chi connectivity index (χ0n) is 9.82. The first-order valence-corrected chi connectivity index (χ1v) is 6.06. The predicted molar refractivity (Wildman–Crippen MR) is 64.7 cm³/mol. The van der Waals surface area contributed by atoms with Crippen molar-refractivity contribution in [3.63, 3.8) is 0 Å². The zero-order valence-corrected chi connectivity index (χ0v) is 10.6. The topological polar surface area (TPSA) is 38.1 Å². The van der Waals surface area contributed by atoms with Gasteiger partial charge in [0, 0.05) is 32.2 Å². The Balaban J connectivity index is 2.66. The molecular formula is C11H18ClN3O. The number of hydrogen-bond donors (Lipinski definition) is 0. The van der Waals surface area contributed by atoms with E-state index in [0.29, 0.717) is 18.0 Å². The Morgan fingerprint density at radius 3 is 2.81 bits per heavy atom. The molecule has 0 spiro atoms. The maximum atomic E-state index is 12.1. The minimum atomic E-state index is 0.0159.